The Kier molecular flexibility index (Phi) is 6.68. The van der Waals surface area contributed by atoms with Gasteiger partial charge in [0.1, 0.15) is 0 Å². The van der Waals surface area contributed by atoms with Gasteiger partial charge in [-0.25, -0.2) is 13.1 Å². The molecular formula is C12H26BrNO2S. The summed E-state index contributed by atoms with van der Waals surface area (Å²) in [6.07, 6.45) is 2.07. The van der Waals surface area contributed by atoms with Gasteiger partial charge in [0.15, 0.2) is 0 Å². The third-order valence-electron chi connectivity index (χ3n) is 2.38. The summed E-state index contributed by atoms with van der Waals surface area (Å²) >= 11 is 3.39. The molecule has 3 nitrogen and oxygen atoms in total. The first-order chi connectivity index (χ1) is 7.47. The fraction of sp³-hybridized carbons (Fsp3) is 1.00. The molecule has 0 aromatic heterocycles. The topological polar surface area (TPSA) is 46.2 Å². The largest absolute Gasteiger partial charge is 0.215 e. The van der Waals surface area contributed by atoms with Crippen molar-refractivity contribution in [3.05, 3.63) is 0 Å². The van der Waals surface area contributed by atoms with Crippen LogP contribution in [0.15, 0.2) is 0 Å². The van der Waals surface area contributed by atoms with E-state index < -0.39 is 10.0 Å². The molecule has 104 valence electrons. The highest BCUT2D eigenvalue weighted by Gasteiger charge is 2.24. The van der Waals surface area contributed by atoms with Crippen LogP contribution in [0, 0.1) is 10.8 Å². The first-order valence-electron chi connectivity index (χ1n) is 6.01. The van der Waals surface area contributed by atoms with Crippen molar-refractivity contribution in [3.63, 3.8) is 0 Å². The Bertz CT molecular complexity index is 318. The Balaban J connectivity index is 4.27. The molecule has 0 spiro atoms. The zero-order valence-corrected chi connectivity index (χ0v) is 14.0. The number of halogens is 1. The van der Waals surface area contributed by atoms with Crippen molar-refractivity contribution in [2.45, 2.75) is 47.5 Å². The van der Waals surface area contributed by atoms with E-state index in [9.17, 15) is 8.42 Å². The Morgan fingerprint density at radius 2 is 1.65 bits per heavy atom. The van der Waals surface area contributed by atoms with Crippen molar-refractivity contribution >= 4 is 26.0 Å². The Morgan fingerprint density at radius 3 is 2.06 bits per heavy atom. The van der Waals surface area contributed by atoms with Gasteiger partial charge in [-0.05, 0) is 23.7 Å². The van der Waals surface area contributed by atoms with Crippen molar-refractivity contribution in [1.29, 1.82) is 0 Å². The van der Waals surface area contributed by atoms with E-state index in [4.69, 9.17) is 0 Å². The van der Waals surface area contributed by atoms with Crippen LogP contribution in [0.1, 0.15) is 47.5 Å². The summed E-state index contributed by atoms with van der Waals surface area (Å²) in [4.78, 5) is 0. The molecule has 1 N–H and O–H groups in total. The predicted molar refractivity (Wildman–Crippen MR) is 78.1 cm³/mol. The lowest BCUT2D eigenvalue weighted by atomic mass is 9.88. The van der Waals surface area contributed by atoms with Gasteiger partial charge in [-0.15, -0.1) is 0 Å². The standard InChI is InChI=1S/C12H26BrNO2S/c1-11(2,3)10-17(15,16)14-9-12(4,5)7-6-8-13/h14H,6-10H2,1-5H3. The van der Waals surface area contributed by atoms with Crippen molar-refractivity contribution in [2.75, 3.05) is 17.6 Å². The van der Waals surface area contributed by atoms with Crippen molar-refractivity contribution in [1.82, 2.24) is 4.72 Å². The second-order valence-corrected chi connectivity index (χ2v) is 9.20. The van der Waals surface area contributed by atoms with Crippen LogP contribution in [-0.4, -0.2) is 26.0 Å². The molecule has 0 aliphatic rings. The molecule has 0 aliphatic heterocycles. The van der Waals surface area contributed by atoms with E-state index in [1.807, 2.05) is 20.8 Å². The zero-order chi connectivity index (χ0) is 13.7. The van der Waals surface area contributed by atoms with Gasteiger partial charge in [-0.3, -0.25) is 0 Å². The maximum Gasteiger partial charge on any atom is 0.212 e. The molecule has 0 aromatic rings. The average molecular weight is 328 g/mol. The lowest BCUT2D eigenvalue weighted by molar-refractivity contribution is 0.331. The number of sulfonamides is 1. The second-order valence-electron chi connectivity index (χ2n) is 6.60. The van der Waals surface area contributed by atoms with Crippen LogP contribution in [0.4, 0.5) is 0 Å². The number of hydrogen-bond donors (Lipinski definition) is 1. The summed E-state index contributed by atoms with van der Waals surface area (Å²) in [5.41, 5.74) is -0.190. The molecule has 0 heterocycles. The zero-order valence-electron chi connectivity index (χ0n) is 11.6. The van der Waals surface area contributed by atoms with Crippen LogP contribution in [-0.2, 0) is 10.0 Å². The van der Waals surface area contributed by atoms with Crippen LogP contribution in [0.3, 0.4) is 0 Å². The first-order valence-corrected chi connectivity index (χ1v) is 8.78. The van der Waals surface area contributed by atoms with Crippen LogP contribution in [0.5, 0.6) is 0 Å². The van der Waals surface area contributed by atoms with Crippen molar-refractivity contribution < 1.29 is 8.42 Å². The van der Waals surface area contributed by atoms with E-state index in [0.717, 1.165) is 18.2 Å². The fourth-order valence-corrected chi connectivity index (χ4v) is 3.69. The van der Waals surface area contributed by atoms with E-state index in [-0.39, 0.29) is 16.6 Å². The molecule has 0 aromatic carbocycles. The fourth-order valence-electron chi connectivity index (χ4n) is 1.56. The molecule has 0 fully saturated rings. The highest BCUT2D eigenvalue weighted by atomic mass is 79.9. The molecule has 17 heavy (non-hydrogen) atoms. The molecular weight excluding hydrogens is 302 g/mol. The molecule has 0 saturated heterocycles. The van der Waals surface area contributed by atoms with Gasteiger partial charge >= 0.3 is 0 Å². The molecule has 0 aliphatic carbocycles. The normalized spacial score (nSPS) is 14.0. The minimum Gasteiger partial charge on any atom is -0.215 e. The molecule has 0 atom stereocenters. The Labute approximate surface area is 115 Å². The van der Waals surface area contributed by atoms with E-state index in [2.05, 4.69) is 34.5 Å². The van der Waals surface area contributed by atoms with Crippen LogP contribution >= 0.6 is 15.9 Å². The maximum absolute atomic E-state index is 11.8. The van der Waals surface area contributed by atoms with Crippen LogP contribution in [0.25, 0.3) is 0 Å². The quantitative estimate of drug-likeness (QED) is 0.730. The molecule has 0 unspecified atom stereocenters. The maximum atomic E-state index is 11.8. The second kappa shape index (κ2) is 6.53. The first kappa shape index (κ1) is 17.4. The summed E-state index contributed by atoms with van der Waals surface area (Å²) in [6.45, 7) is 10.5. The number of alkyl halides is 1. The van der Waals surface area contributed by atoms with Gasteiger partial charge < -0.3 is 0 Å². The number of nitrogens with one attached hydrogen (secondary N) is 1. The van der Waals surface area contributed by atoms with Gasteiger partial charge in [-0.1, -0.05) is 50.5 Å². The lowest BCUT2D eigenvalue weighted by Gasteiger charge is -2.26. The SMILES string of the molecule is CC(C)(C)CS(=O)(=O)NCC(C)(C)CCCBr. The Morgan fingerprint density at radius 1 is 1.12 bits per heavy atom. The van der Waals surface area contributed by atoms with E-state index in [0.29, 0.717) is 6.54 Å². The van der Waals surface area contributed by atoms with E-state index in [1.54, 1.807) is 0 Å². The monoisotopic (exact) mass is 327 g/mol. The third-order valence-corrected chi connectivity index (χ3v) is 4.77. The van der Waals surface area contributed by atoms with Gasteiger partial charge in [0.05, 0.1) is 5.75 Å². The molecule has 0 amide bonds. The minimum absolute atomic E-state index is 0.0126. The molecule has 0 saturated carbocycles. The minimum atomic E-state index is -3.16. The Hall–Kier alpha value is 0.390. The summed E-state index contributed by atoms with van der Waals surface area (Å²) in [6, 6.07) is 0. The predicted octanol–water partition coefficient (Wildman–Crippen LogP) is 3.15. The number of hydrogen-bond acceptors (Lipinski definition) is 2. The van der Waals surface area contributed by atoms with Gasteiger partial charge in [-0.2, -0.15) is 0 Å². The van der Waals surface area contributed by atoms with Gasteiger partial charge in [0.25, 0.3) is 0 Å². The van der Waals surface area contributed by atoms with Gasteiger partial charge in [0.2, 0.25) is 10.0 Å². The number of rotatable bonds is 7. The molecule has 0 rings (SSSR count). The summed E-state index contributed by atoms with van der Waals surface area (Å²) in [7, 11) is -3.16. The van der Waals surface area contributed by atoms with Crippen molar-refractivity contribution in [2.24, 2.45) is 10.8 Å². The molecule has 0 bridgehead atoms. The summed E-state index contributed by atoms with van der Waals surface area (Å²) in [5.74, 6) is 0.175. The highest BCUT2D eigenvalue weighted by Crippen LogP contribution is 2.22. The summed E-state index contributed by atoms with van der Waals surface area (Å²) in [5, 5.41) is 0.963. The third kappa shape index (κ3) is 10.0. The van der Waals surface area contributed by atoms with E-state index in [1.165, 1.54) is 0 Å². The van der Waals surface area contributed by atoms with Gasteiger partial charge in [0, 0.05) is 11.9 Å². The van der Waals surface area contributed by atoms with Crippen LogP contribution in [0.2, 0.25) is 0 Å². The smallest absolute Gasteiger partial charge is 0.212 e. The highest BCUT2D eigenvalue weighted by molar-refractivity contribution is 9.09. The summed E-state index contributed by atoms with van der Waals surface area (Å²) < 4.78 is 26.4. The van der Waals surface area contributed by atoms with Crippen molar-refractivity contribution in [3.8, 4) is 0 Å². The molecule has 5 heteroatoms. The lowest BCUT2D eigenvalue weighted by Crippen LogP contribution is -2.38. The van der Waals surface area contributed by atoms with Crippen LogP contribution < -0.4 is 4.72 Å². The molecule has 0 radical (unpaired) electrons. The average Bonchev–Trinajstić information content (AvgIpc) is 2.08. The van der Waals surface area contributed by atoms with E-state index >= 15 is 0 Å².